The van der Waals surface area contributed by atoms with E-state index in [2.05, 4.69) is 15.6 Å². The first-order valence-electron chi connectivity index (χ1n) is 9.14. The highest BCUT2D eigenvalue weighted by Crippen LogP contribution is 2.28. The van der Waals surface area contributed by atoms with Crippen molar-refractivity contribution in [3.63, 3.8) is 0 Å². The van der Waals surface area contributed by atoms with Crippen LogP contribution in [0.4, 0.5) is 16.7 Å². The van der Waals surface area contributed by atoms with Gasteiger partial charge in [0.15, 0.2) is 10.9 Å². The summed E-state index contributed by atoms with van der Waals surface area (Å²) < 4.78 is 4.89. The smallest absolute Gasteiger partial charge is 0.395 e. The number of furan rings is 1. The Morgan fingerprint density at radius 3 is 2.37 bits per heavy atom. The second-order valence-corrected chi connectivity index (χ2v) is 7.72. The molecule has 156 valence electrons. The number of thiazole rings is 1. The van der Waals surface area contributed by atoms with E-state index in [0.29, 0.717) is 17.0 Å². The second-order valence-electron chi connectivity index (χ2n) is 6.73. The highest BCUT2D eigenvalue weighted by molar-refractivity contribution is 7.17. The van der Waals surface area contributed by atoms with Crippen molar-refractivity contribution < 1.29 is 18.9 Å². The molecule has 2 aromatic heterocycles. The molecule has 0 aliphatic carbocycles. The molecule has 1 aromatic carbocycles. The predicted octanol–water partition coefficient (Wildman–Crippen LogP) is 4.64. The summed E-state index contributed by atoms with van der Waals surface area (Å²) in [5.41, 5.74) is 4.31. The third-order valence-corrected chi connectivity index (χ3v) is 5.38. The standard InChI is InChI=1S/C20H20N4O5S/c1-5-13-17(19(26)22-16-11(3)8-10(2)9-12(16)4)30-20(21-13)23-18(25)14-6-7-15(29-14)24(27)28/h6-9H,5H2,1-4H3,(H,22,26)(H,21,23,25). The van der Waals surface area contributed by atoms with Crippen molar-refractivity contribution in [2.75, 3.05) is 10.6 Å². The Balaban J connectivity index is 1.81. The Kier molecular flexibility index (Phi) is 5.97. The number of benzene rings is 1. The molecule has 0 aliphatic heterocycles. The topological polar surface area (TPSA) is 127 Å². The first kappa shape index (κ1) is 21.2. The minimum absolute atomic E-state index is 0.207. The summed E-state index contributed by atoms with van der Waals surface area (Å²) in [7, 11) is 0. The summed E-state index contributed by atoms with van der Waals surface area (Å²) in [5.74, 6) is -1.74. The number of nitro groups is 1. The van der Waals surface area contributed by atoms with Crippen LogP contribution in [0.3, 0.4) is 0 Å². The molecule has 0 fully saturated rings. The third kappa shape index (κ3) is 4.38. The molecule has 0 spiro atoms. The van der Waals surface area contributed by atoms with Crippen LogP contribution in [0, 0.1) is 30.9 Å². The van der Waals surface area contributed by atoms with Crippen LogP contribution in [0.1, 0.15) is 49.5 Å². The molecule has 2 N–H and O–H groups in total. The number of carbonyl (C=O) groups excluding carboxylic acids is 2. The zero-order chi connectivity index (χ0) is 22.0. The highest BCUT2D eigenvalue weighted by Gasteiger charge is 2.22. The minimum atomic E-state index is -0.729. The van der Waals surface area contributed by atoms with Gasteiger partial charge in [-0.3, -0.25) is 25.0 Å². The van der Waals surface area contributed by atoms with E-state index >= 15 is 0 Å². The maximum absolute atomic E-state index is 12.9. The lowest BCUT2D eigenvalue weighted by Gasteiger charge is -2.12. The van der Waals surface area contributed by atoms with Crippen LogP contribution < -0.4 is 10.6 Å². The molecule has 0 saturated carbocycles. The van der Waals surface area contributed by atoms with E-state index in [4.69, 9.17) is 4.42 Å². The van der Waals surface area contributed by atoms with Gasteiger partial charge in [-0.15, -0.1) is 0 Å². The number of amides is 2. The number of hydrogen-bond acceptors (Lipinski definition) is 7. The molecular formula is C20H20N4O5S. The van der Waals surface area contributed by atoms with Gasteiger partial charge in [-0.2, -0.15) is 0 Å². The summed E-state index contributed by atoms with van der Waals surface area (Å²) in [4.78, 5) is 39.8. The van der Waals surface area contributed by atoms with Crippen molar-refractivity contribution in [3.05, 3.63) is 67.4 Å². The van der Waals surface area contributed by atoms with E-state index in [1.807, 2.05) is 39.8 Å². The van der Waals surface area contributed by atoms with Crippen LogP contribution in [0.25, 0.3) is 0 Å². The molecule has 0 radical (unpaired) electrons. The van der Waals surface area contributed by atoms with Gasteiger partial charge in [0.25, 0.3) is 11.8 Å². The molecule has 2 amide bonds. The average molecular weight is 428 g/mol. The quantitative estimate of drug-likeness (QED) is 0.435. The van der Waals surface area contributed by atoms with E-state index in [1.54, 1.807) is 0 Å². The van der Waals surface area contributed by atoms with E-state index in [1.165, 1.54) is 6.07 Å². The molecule has 0 unspecified atom stereocenters. The Morgan fingerprint density at radius 2 is 1.80 bits per heavy atom. The van der Waals surface area contributed by atoms with Gasteiger partial charge in [-0.1, -0.05) is 36.0 Å². The number of carbonyl (C=O) groups is 2. The normalized spacial score (nSPS) is 10.7. The van der Waals surface area contributed by atoms with Crippen molar-refractivity contribution in [2.45, 2.75) is 34.1 Å². The largest absolute Gasteiger partial charge is 0.433 e. The van der Waals surface area contributed by atoms with Crippen LogP contribution in [0.2, 0.25) is 0 Å². The Hall–Kier alpha value is -3.53. The van der Waals surface area contributed by atoms with Crippen molar-refractivity contribution in [3.8, 4) is 0 Å². The van der Waals surface area contributed by atoms with Crippen LogP contribution in [-0.4, -0.2) is 21.7 Å². The van der Waals surface area contributed by atoms with Gasteiger partial charge in [-0.05, 0) is 44.4 Å². The molecule has 0 bridgehead atoms. The van der Waals surface area contributed by atoms with Gasteiger partial charge in [-0.25, -0.2) is 4.98 Å². The molecule has 10 heteroatoms. The summed E-state index contributed by atoms with van der Waals surface area (Å²) >= 11 is 1.03. The number of aryl methyl sites for hydroxylation is 4. The molecule has 30 heavy (non-hydrogen) atoms. The first-order chi connectivity index (χ1) is 14.2. The third-order valence-electron chi connectivity index (χ3n) is 4.37. The van der Waals surface area contributed by atoms with E-state index < -0.39 is 16.7 Å². The van der Waals surface area contributed by atoms with Gasteiger partial charge >= 0.3 is 5.88 Å². The lowest BCUT2D eigenvalue weighted by molar-refractivity contribution is -0.402. The fourth-order valence-corrected chi connectivity index (χ4v) is 4.02. The summed E-state index contributed by atoms with van der Waals surface area (Å²) in [6, 6.07) is 6.28. The number of anilines is 2. The molecular weight excluding hydrogens is 408 g/mol. The fourth-order valence-electron chi connectivity index (χ4n) is 3.08. The number of rotatable bonds is 6. The molecule has 2 heterocycles. The van der Waals surface area contributed by atoms with Crippen LogP contribution in [0.5, 0.6) is 0 Å². The molecule has 0 atom stereocenters. The van der Waals surface area contributed by atoms with Crippen molar-refractivity contribution >= 4 is 39.9 Å². The van der Waals surface area contributed by atoms with Gasteiger partial charge in [0.05, 0.1) is 11.8 Å². The Bertz CT molecular complexity index is 1130. The van der Waals surface area contributed by atoms with Gasteiger partial charge in [0.1, 0.15) is 9.80 Å². The number of hydrogen-bond donors (Lipinski definition) is 2. The minimum Gasteiger partial charge on any atom is -0.395 e. The van der Waals surface area contributed by atoms with Crippen LogP contribution in [0.15, 0.2) is 28.7 Å². The fraction of sp³-hybridized carbons (Fsp3) is 0.250. The molecule has 3 rings (SSSR count). The summed E-state index contributed by atoms with van der Waals surface area (Å²) in [5, 5.41) is 16.4. The Morgan fingerprint density at radius 1 is 1.13 bits per heavy atom. The van der Waals surface area contributed by atoms with Crippen molar-refractivity contribution in [2.24, 2.45) is 0 Å². The highest BCUT2D eigenvalue weighted by atomic mass is 32.1. The average Bonchev–Trinajstić information content (AvgIpc) is 3.31. The number of nitrogens with zero attached hydrogens (tertiary/aromatic N) is 2. The molecule has 0 aliphatic rings. The van der Waals surface area contributed by atoms with Crippen molar-refractivity contribution in [1.29, 1.82) is 0 Å². The van der Waals surface area contributed by atoms with E-state index in [0.717, 1.165) is 39.8 Å². The zero-order valence-electron chi connectivity index (χ0n) is 16.9. The zero-order valence-corrected chi connectivity index (χ0v) is 17.7. The maximum atomic E-state index is 12.9. The number of aromatic nitrogens is 1. The van der Waals surface area contributed by atoms with Gasteiger partial charge in [0.2, 0.25) is 0 Å². The van der Waals surface area contributed by atoms with E-state index in [-0.39, 0.29) is 16.8 Å². The van der Waals surface area contributed by atoms with Gasteiger partial charge < -0.3 is 9.73 Å². The molecule has 0 saturated heterocycles. The molecule has 3 aromatic rings. The maximum Gasteiger partial charge on any atom is 0.433 e. The lowest BCUT2D eigenvalue weighted by Crippen LogP contribution is -2.14. The van der Waals surface area contributed by atoms with Crippen LogP contribution >= 0.6 is 11.3 Å². The first-order valence-corrected chi connectivity index (χ1v) is 9.95. The predicted molar refractivity (Wildman–Crippen MR) is 113 cm³/mol. The van der Waals surface area contributed by atoms with Crippen molar-refractivity contribution in [1.82, 2.24) is 4.98 Å². The molecule has 9 nitrogen and oxygen atoms in total. The second kappa shape index (κ2) is 8.46. The number of nitrogens with one attached hydrogen (secondary N) is 2. The SMILES string of the molecule is CCc1nc(NC(=O)c2ccc([N+](=O)[O-])o2)sc1C(=O)Nc1c(C)cc(C)cc1C. The Labute approximate surface area is 176 Å². The van der Waals surface area contributed by atoms with E-state index in [9.17, 15) is 19.7 Å². The lowest BCUT2D eigenvalue weighted by atomic mass is 10.1. The monoisotopic (exact) mass is 428 g/mol. The van der Waals surface area contributed by atoms with Crippen LogP contribution in [-0.2, 0) is 6.42 Å². The summed E-state index contributed by atoms with van der Waals surface area (Å²) in [6.07, 6.45) is 0.493. The summed E-state index contributed by atoms with van der Waals surface area (Å²) in [6.45, 7) is 7.71. The van der Waals surface area contributed by atoms with Gasteiger partial charge in [0, 0.05) is 5.69 Å².